The molecule has 0 saturated carbocycles. The molecule has 0 amide bonds. The fourth-order valence-electron chi connectivity index (χ4n) is 4.25. The van der Waals surface area contributed by atoms with Gasteiger partial charge in [0, 0.05) is 10.8 Å². The molecular formula is C30H25B4O3. The Morgan fingerprint density at radius 3 is 1.65 bits per heavy atom. The summed E-state index contributed by atoms with van der Waals surface area (Å²) in [5.74, 6) is 0. The molecule has 5 aromatic rings. The van der Waals surface area contributed by atoms with E-state index in [4.69, 9.17) is 32.6 Å². The summed E-state index contributed by atoms with van der Waals surface area (Å²) in [6, 6.07) is 23.6. The van der Waals surface area contributed by atoms with E-state index in [2.05, 4.69) is 12.1 Å². The molecule has 1 N–H and O–H groups in total. The first-order valence-electron chi connectivity index (χ1n) is 12.2. The lowest BCUT2D eigenvalue weighted by molar-refractivity contribution is -0.0893. The summed E-state index contributed by atoms with van der Waals surface area (Å²) in [6.07, 6.45) is 0. The fraction of sp³-hybridized carbons (Fsp3) is 0.200. The minimum Gasteiger partial charge on any atom is -0.456 e. The van der Waals surface area contributed by atoms with Crippen LogP contribution in [0.1, 0.15) is 27.7 Å². The Morgan fingerprint density at radius 1 is 0.649 bits per heavy atom. The van der Waals surface area contributed by atoms with Crippen LogP contribution in [0.5, 0.6) is 0 Å². The Labute approximate surface area is 222 Å². The van der Waals surface area contributed by atoms with Crippen molar-refractivity contribution in [2.45, 2.75) is 38.9 Å². The normalized spacial score (nSPS) is 12.4. The van der Waals surface area contributed by atoms with Gasteiger partial charge in [-0.15, -0.1) is 0 Å². The molecule has 0 saturated heterocycles. The molecule has 0 aliphatic carbocycles. The first-order chi connectivity index (χ1) is 17.4. The van der Waals surface area contributed by atoms with Gasteiger partial charge in [0.25, 0.3) is 0 Å². The molecule has 7 heteroatoms. The third kappa shape index (κ3) is 5.16. The van der Waals surface area contributed by atoms with E-state index in [1.807, 2.05) is 68.4 Å². The van der Waals surface area contributed by atoms with E-state index in [0.29, 0.717) is 16.4 Å². The zero-order valence-electron chi connectivity index (χ0n) is 21.5. The fourth-order valence-corrected chi connectivity index (χ4v) is 4.25. The highest BCUT2D eigenvalue weighted by Crippen LogP contribution is 2.34. The topological polar surface area (TPSA) is 42.6 Å². The molecule has 1 aromatic heterocycles. The van der Waals surface area contributed by atoms with Gasteiger partial charge in [0.2, 0.25) is 0 Å². The number of aliphatic hydroxyl groups is 1. The molecule has 1 heterocycles. The van der Waals surface area contributed by atoms with Gasteiger partial charge < -0.3 is 14.2 Å². The predicted octanol–water partition coefficient (Wildman–Crippen LogP) is 3.11. The lowest BCUT2D eigenvalue weighted by Gasteiger charge is -2.37. The van der Waals surface area contributed by atoms with Crippen molar-refractivity contribution in [1.29, 1.82) is 0 Å². The number of hydrogen-bond acceptors (Lipinski definition) is 3. The van der Waals surface area contributed by atoms with Crippen LogP contribution in [-0.4, -0.2) is 47.3 Å². The van der Waals surface area contributed by atoms with Crippen molar-refractivity contribution in [3.05, 3.63) is 72.8 Å². The molecule has 0 atom stereocenters. The second-order valence-corrected chi connectivity index (χ2v) is 10.6. The van der Waals surface area contributed by atoms with Gasteiger partial charge in [0.15, 0.2) is 0 Å². The second-order valence-electron chi connectivity index (χ2n) is 10.6. The first kappa shape index (κ1) is 25.5. The zero-order valence-corrected chi connectivity index (χ0v) is 21.5. The molecule has 37 heavy (non-hydrogen) atoms. The van der Waals surface area contributed by atoms with E-state index in [1.165, 1.54) is 0 Å². The van der Waals surface area contributed by atoms with Gasteiger partial charge in [0.05, 0.1) is 11.2 Å². The second kappa shape index (κ2) is 9.31. The van der Waals surface area contributed by atoms with Crippen LogP contribution in [-0.2, 0) is 4.65 Å². The number of furan rings is 1. The van der Waals surface area contributed by atoms with Crippen LogP contribution in [0.25, 0.3) is 44.2 Å². The summed E-state index contributed by atoms with van der Waals surface area (Å²) >= 11 is 0. The molecule has 0 aliphatic heterocycles. The Kier molecular flexibility index (Phi) is 6.42. The summed E-state index contributed by atoms with van der Waals surface area (Å²) in [6.45, 7) is 7.15. The van der Waals surface area contributed by atoms with Gasteiger partial charge in [-0.2, -0.15) is 0 Å². The molecule has 0 aliphatic rings. The summed E-state index contributed by atoms with van der Waals surface area (Å²) in [5.41, 5.74) is 6.39. The van der Waals surface area contributed by atoms with E-state index >= 15 is 0 Å². The van der Waals surface area contributed by atoms with Crippen LogP contribution in [0.3, 0.4) is 0 Å². The van der Waals surface area contributed by atoms with Gasteiger partial charge in [-0.25, -0.2) is 0 Å². The van der Waals surface area contributed by atoms with Crippen LogP contribution < -0.4 is 21.9 Å². The molecular weight excluding hydrogens is 452 g/mol. The third-order valence-corrected chi connectivity index (χ3v) is 7.05. The SMILES string of the molecule is [B]c1cc([B])cc(-c2ccc3oc4ccc(-c5cc([B])cc([B]OC(C)(C)C(C)(C)O)c5)cc4c3c2)c1. The summed E-state index contributed by atoms with van der Waals surface area (Å²) in [5, 5.41) is 12.4. The molecule has 0 bridgehead atoms. The van der Waals surface area contributed by atoms with Gasteiger partial charge >= 0.3 is 7.48 Å². The van der Waals surface area contributed by atoms with E-state index in [1.54, 1.807) is 27.4 Å². The average molecular weight is 477 g/mol. The van der Waals surface area contributed by atoms with Crippen LogP contribution in [0.4, 0.5) is 0 Å². The van der Waals surface area contributed by atoms with Gasteiger partial charge in [0.1, 0.15) is 34.7 Å². The van der Waals surface area contributed by atoms with E-state index in [0.717, 1.165) is 49.7 Å². The molecule has 5 rings (SSSR count). The van der Waals surface area contributed by atoms with Crippen molar-refractivity contribution in [3.63, 3.8) is 0 Å². The van der Waals surface area contributed by atoms with E-state index in [-0.39, 0.29) is 0 Å². The van der Waals surface area contributed by atoms with Gasteiger partial charge in [-0.05, 0) is 74.2 Å². The van der Waals surface area contributed by atoms with E-state index in [9.17, 15) is 5.11 Å². The summed E-state index contributed by atoms with van der Waals surface area (Å²) in [4.78, 5) is 0. The molecule has 7 radical (unpaired) electrons. The van der Waals surface area contributed by atoms with Crippen LogP contribution in [0, 0.1) is 0 Å². The summed E-state index contributed by atoms with van der Waals surface area (Å²) in [7, 11) is 19.9. The number of benzene rings is 4. The Balaban J connectivity index is 1.54. The van der Waals surface area contributed by atoms with Crippen molar-refractivity contribution < 1.29 is 14.2 Å². The molecule has 175 valence electrons. The summed E-state index contributed by atoms with van der Waals surface area (Å²) < 4.78 is 12.1. The van der Waals surface area contributed by atoms with Crippen LogP contribution in [0.15, 0.2) is 77.2 Å². The Bertz CT molecular complexity index is 1610. The molecule has 0 unspecified atom stereocenters. The molecule has 0 spiro atoms. The van der Waals surface area contributed by atoms with Gasteiger partial charge in [-0.1, -0.05) is 70.4 Å². The molecule has 0 fully saturated rings. The van der Waals surface area contributed by atoms with E-state index < -0.39 is 11.2 Å². The van der Waals surface area contributed by atoms with Crippen LogP contribution in [0.2, 0.25) is 0 Å². The highest BCUT2D eigenvalue weighted by atomic mass is 16.5. The standard InChI is InChI=1S/C30H25B4O3/c1-29(2,35)30(3,4)37-34-24-12-20(11-23(33)16-24)18-6-8-28-26(14-18)25-13-17(5-7-27(25)36-28)19-9-21(31)15-22(32)10-19/h5-16,35H,1-4H3. The number of hydrogen-bond donors (Lipinski definition) is 1. The molecule has 3 nitrogen and oxygen atoms in total. The largest absolute Gasteiger partial charge is 0.456 e. The maximum Gasteiger partial charge on any atom is 0.330 e. The quantitative estimate of drug-likeness (QED) is 0.383. The Hall–Kier alpha value is -3.14. The first-order valence-corrected chi connectivity index (χ1v) is 12.2. The highest BCUT2D eigenvalue weighted by molar-refractivity contribution is 6.48. The average Bonchev–Trinajstić information content (AvgIpc) is 3.18. The number of rotatable bonds is 6. The Morgan fingerprint density at radius 2 is 1.14 bits per heavy atom. The molecule has 4 aromatic carbocycles. The minimum atomic E-state index is -1.02. The third-order valence-electron chi connectivity index (χ3n) is 7.05. The maximum atomic E-state index is 10.4. The maximum absolute atomic E-state index is 10.4. The minimum absolute atomic E-state index is 0.618. The van der Waals surface area contributed by atoms with Crippen LogP contribution >= 0.6 is 0 Å². The predicted molar refractivity (Wildman–Crippen MR) is 158 cm³/mol. The monoisotopic (exact) mass is 477 g/mol. The van der Waals surface area contributed by atoms with Crippen molar-refractivity contribution in [3.8, 4) is 22.3 Å². The van der Waals surface area contributed by atoms with Crippen molar-refractivity contribution in [2.75, 3.05) is 0 Å². The number of fused-ring (bicyclic) bond motifs is 3. The van der Waals surface area contributed by atoms with Crippen molar-refractivity contribution >= 4 is 74.8 Å². The van der Waals surface area contributed by atoms with Crippen molar-refractivity contribution in [1.82, 2.24) is 0 Å². The lowest BCUT2D eigenvalue weighted by Crippen LogP contribution is -2.49. The van der Waals surface area contributed by atoms with Gasteiger partial charge in [-0.3, -0.25) is 0 Å². The smallest absolute Gasteiger partial charge is 0.330 e. The highest BCUT2D eigenvalue weighted by Gasteiger charge is 2.35. The van der Waals surface area contributed by atoms with Crippen molar-refractivity contribution in [2.24, 2.45) is 0 Å². The lowest BCUT2D eigenvalue weighted by atomic mass is 9.78. The zero-order chi connectivity index (χ0) is 26.5.